The maximum absolute atomic E-state index is 11.6. The summed E-state index contributed by atoms with van der Waals surface area (Å²) < 4.78 is 65.5. The Labute approximate surface area is 261 Å². The molecule has 0 spiro atoms. The van der Waals surface area contributed by atoms with Crippen molar-refractivity contribution in [2.45, 2.75) is 9.79 Å². The highest BCUT2D eigenvalue weighted by Gasteiger charge is 2.18. The molecule has 8 bridgehead atoms. The molecule has 46 heavy (non-hydrogen) atoms. The Kier molecular flexibility index (Phi) is 6.68. The SMILES string of the molecule is O=S(=O)(O)c1ccc(-c2c3nc(c(O)c4ccc([nH]4)c(-c4ccc(S(=O)(=O)O)cc4)c4nc(c(O)c5ccc2[nH]5)C=C4)C=C3)cc1. The van der Waals surface area contributed by atoms with E-state index in [1.54, 1.807) is 48.6 Å². The molecule has 2 aliphatic heterocycles. The molecule has 12 nitrogen and oxygen atoms in total. The fourth-order valence-electron chi connectivity index (χ4n) is 5.37. The Morgan fingerprint density at radius 2 is 0.783 bits per heavy atom. The minimum absolute atomic E-state index is 0.166. The van der Waals surface area contributed by atoms with Crippen LogP contribution in [-0.4, -0.2) is 56.1 Å². The van der Waals surface area contributed by atoms with Gasteiger partial charge in [-0.25, -0.2) is 9.97 Å². The number of aromatic hydroxyl groups is 2. The van der Waals surface area contributed by atoms with Crippen molar-refractivity contribution in [1.29, 1.82) is 0 Å². The van der Waals surface area contributed by atoms with Crippen LogP contribution in [0.5, 0.6) is 11.5 Å². The van der Waals surface area contributed by atoms with E-state index in [9.17, 15) is 36.2 Å². The number of nitrogens with one attached hydrogen (secondary N) is 2. The third-order valence-corrected chi connectivity index (χ3v) is 9.32. The molecule has 0 radical (unpaired) electrons. The van der Waals surface area contributed by atoms with Crippen LogP contribution in [0.4, 0.5) is 0 Å². The van der Waals surface area contributed by atoms with Crippen LogP contribution in [0, 0.1) is 0 Å². The molecule has 3 aromatic heterocycles. The number of rotatable bonds is 4. The van der Waals surface area contributed by atoms with Crippen LogP contribution in [0.2, 0.25) is 0 Å². The van der Waals surface area contributed by atoms with Crippen LogP contribution in [0.3, 0.4) is 0 Å². The van der Waals surface area contributed by atoms with Crippen molar-refractivity contribution in [2.75, 3.05) is 0 Å². The zero-order valence-corrected chi connectivity index (χ0v) is 25.0. The van der Waals surface area contributed by atoms with E-state index >= 15 is 0 Å². The second kappa shape index (κ2) is 10.5. The molecule has 0 amide bonds. The van der Waals surface area contributed by atoms with Crippen molar-refractivity contribution in [1.82, 2.24) is 19.9 Å². The molecular weight excluding hydrogens is 633 g/mol. The number of H-pyrrole nitrogens is 2. The Hall–Kier alpha value is -5.54. The van der Waals surface area contributed by atoms with Crippen molar-refractivity contribution >= 4 is 66.6 Å². The van der Waals surface area contributed by atoms with Crippen molar-refractivity contribution < 1.29 is 36.2 Å². The average Bonchev–Trinajstić information content (AvgIpc) is 3.84. The van der Waals surface area contributed by atoms with Crippen LogP contribution >= 0.6 is 0 Å². The van der Waals surface area contributed by atoms with Gasteiger partial charge in [0.15, 0.2) is 11.5 Å². The van der Waals surface area contributed by atoms with Crippen molar-refractivity contribution in [3.8, 4) is 33.8 Å². The zero-order chi connectivity index (χ0) is 32.4. The van der Waals surface area contributed by atoms with Crippen LogP contribution in [-0.2, 0) is 20.2 Å². The summed E-state index contributed by atoms with van der Waals surface area (Å²) in [4.78, 5) is 15.1. The minimum Gasteiger partial charge on any atom is -0.504 e. The van der Waals surface area contributed by atoms with Gasteiger partial charge in [0.2, 0.25) is 0 Å². The van der Waals surface area contributed by atoms with Gasteiger partial charge in [0.1, 0.15) is 11.4 Å². The number of aromatic nitrogens is 4. The molecule has 230 valence electrons. The largest absolute Gasteiger partial charge is 0.504 e. The molecule has 0 unspecified atom stereocenters. The van der Waals surface area contributed by atoms with E-state index in [2.05, 4.69) is 19.9 Å². The average molecular weight is 655 g/mol. The summed E-state index contributed by atoms with van der Waals surface area (Å²) in [6.07, 6.45) is 6.60. The lowest BCUT2D eigenvalue weighted by Gasteiger charge is -2.05. The van der Waals surface area contributed by atoms with Gasteiger partial charge >= 0.3 is 0 Å². The predicted molar refractivity (Wildman–Crippen MR) is 173 cm³/mol. The van der Waals surface area contributed by atoms with E-state index in [1.165, 1.54) is 48.5 Å². The number of nitrogens with zero attached hydrogens (tertiary/aromatic N) is 2. The van der Waals surface area contributed by atoms with E-state index in [4.69, 9.17) is 0 Å². The molecular formula is C32H22N4O8S2. The third kappa shape index (κ3) is 5.14. The summed E-state index contributed by atoms with van der Waals surface area (Å²) in [7, 11) is -8.84. The second-order valence-corrected chi connectivity index (χ2v) is 13.3. The zero-order valence-electron chi connectivity index (χ0n) is 23.4. The molecule has 2 aliphatic rings. The van der Waals surface area contributed by atoms with Gasteiger partial charge in [-0.1, -0.05) is 24.3 Å². The molecule has 7 rings (SSSR count). The minimum atomic E-state index is -4.42. The first kappa shape index (κ1) is 29.2. The van der Waals surface area contributed by atoms with E-state index in [1.807, 2.05) is 0 Å². The highest BCUT2D eigenvalue weighted by Crippen LogP contribution is 2.37. The first-order valence-electron chi connectivity index (χ1n) is 13.6. The monoisotopic (exact) mass is 654 g/mol. The van der Waals surface area contributed by atoms with Crippen LogP contribution in [0.25, 0.3) is 68.6 Å². The van der Waals surface area contributed by atoms with Crippen molar-refractivity contribution in [3.63, 3.8) is 0 Å². The number of fused-ring (bicyclic) bond motifs is 8. The first-order chi connectivity index (χ1) is 21.9. The maximum atomic E-state index is 11.6. The summed E-state index contributed by atoms with van der Waals surface area (Å²) in [5.74, 6) is -0.331. The fraction of sp³-hybridized carbons (Fsp3) is 0. The Morgan fingerprint density at radius 3 is 1.13 bits per heavy atom. The summed E-state index contributed by atoms with van der Waals surface area (Å²) >= 11 is 0. The lowest BCUT2D eigenvalue weighted by Crippen LogP contribution is -1.97. The van der Waals surface area contributed by atoms with Gasteiger partial charge in [-0.3, -0.25) is 9.11 Å². The first-order valence-corrected chi connectivity index (χ1v) is 16.4. The summed E-state index contributed by atoms with van der Waals surface area (Å²) in [6, 6.07) is 17.8. The standard InChI is InChI=1S/C32H22N4O8S2/c37-31-25-13-9-21(33-25)29(17-1-5-19(6-2-17)45(39,40)41)22-10-14-26(34-22)32(38)28-16-12-24(36-28)30(23-11-15-27(31)35-23)18-3-7-20(8-4-18)46(42,43)44/h1-16,33,36-38H,(H,39,40,41)(H,42,43,44). The van der Waals surface area contributed by atoms with Crippen molar-refractivity contribution in [3.05, 3.63) is 95.6 Å². The van der Waals surface area contributed by atoms with Gasteiger partial charge in [-0.2, -0.15) is 16.8 Å². The number of benzene rings is 2. The van der Waals surface area contributed by atoms with Gasteiger partial charge in [-0.05, 0) is 84.0 Å². The molecule has 0 fully saturated rings. The Balaban J connectivity index is 1.55. The highest BCUT2D eigenvalue weighted by atomic mass is 32.2. The molecule has 0 atom stereocenters. The van der Waals surface area contributed by atoms with Gasteiger partial charge < -0.3 is 20.2 Å². The number of hydrogen-bond donors (Lipinski definition) is 6. The molecule has 2 aromatic carbocycles. The molecule has 0 saturated carbocycles. The molecule has 14 heteroatoms. The van der Waals surface area contributed by atoms with Crippen LogP contribution in [0.1, 0.15) is 22.8 Å². The van der Waals surface area contributed by atoms with E-state index in [0.29, 0.717) is 55.7 Å². The molecule has 6 N–H and O–H groups in total. The summed E-state index contributed by atoms with van der Waals surface area (Å²) in [5.41, 5.74) is 5.12. The molecule has 5 heterocycles. The lowest BCUT2D eigenvalue weighted by atomic mass is 10.0. The summed E-state index contributed by atoms with van der Waals surface area (Å²) in [6.45, 7) is 0. The number of aromatic amines is 2. The van der Waals surface area contributed by atoms with Gasteiger partial charge in [0.25, 0.3) is 20.2 Å². The van der Waals surface area contributed by atoms with Crippen LogP contribution < -0.4 is 0 Å². The quantitative estimate of drug-likeness (QED) is 0.124. The smallest absolute Gasteiger partial charge is 0.294 e. The Morgan fingerprint density at radius 1 is 0.457 bits per heavy atom. The predicted octanol–water partition coefficient (Wildman–Crippen LogP) is 5.89. The Bertz CT molecular complexity index is 2350. The van der Waals surface area contributed by atoms with Gasteiger partial charge in [0, 0.05) is 22.2 Å². The normalized spacial score (nSPS) is 12.9. The van der Waals surface area contributed by atoms with Crippen LogP contribution in [0.15, 0.2) is 82.6 Å². The molecule has 0 aliphatic carbocycles. The lowest BCUT2D eigenvalue weighted by molar-refractivity contribution is 0.477. The van der Waals surface area contributed by atoms with Gasteiger partial charge in [-0.15, -0.1) is 0 Å². The number of hydrogen-bond acceptors (Lipinski definition) is 8. The third-order valence-electron chi connectivity index (χ3n) is 7.58. The van der Waals surface area contributed by atoms with Crippen molar-refractivity contribution in [2.24, 2.45) is 0 Å². The fourth-order valence-corrected chi connectivity index (χ4v) is 6.33. The molecule has 5 aromatic rings. The second-order valence-electron chi connectivity index (χ2n) is 10.4. The molecule has 0 saturated heterocycles. The topological polar surface area (TPSA) is 207 Å². The van der Waals surface area contributed by atoms with E-state index in [-0.39, 0.29) is 32.7 Å². The summed E-state index contributed by atoms with van der Waals surface area (Å²) in [5, 5.41) is 22.6. The van der Waals surface area contributed by atoms with E-state index < -0.39 is 20.2 Å². The maximum Gasteiger partial charge on any atom is 0.294 e. The highest BCUT2D eigenvalue weighted by molar-refractivity contribution is 7.86. The van der Waals surface area contributed by atoms with Gasteiger partial charge in [0.05, 0.1) is 32.2 Å². The van der Waals surface area contributed by atoms with E-state index in [0.717, 1.165) is 0 Å².